The Balaban J connectivity index is 1.82. The largest absolute Gasteiger partial charge is 0.441 e. The van der Waals surface area contributed by atoms with Crippen LogP contribution in [0.5, 0.6) is 0 Å². The van der Waals surface area contributed by atoms with Gasteiger partial charge in [-0.2, -0.15) is 15.4 Å². The van der Waals surface area contributed by atoms with Gasteiger partial charge in [0.25, 0.3) is 0 Å². The van der Waals surface area contributed by atoms with Gasteiger partial charge in [-0.05, 0) is 6.08 Å². The Bertz CT molecular complexity index is 491. The highest BCUT2D eigenvalue weighted by Crippen LogP contribution is 2.13. The minimum atomic E-state index is -0.568. The lowest BCUT2D eigenvalue weighted by atomic mass is 10.3. The van der Waals surface area contributed by atoms with Crippen LogP contribution in [-0.2, 0) is 14.3 Å². The molecule has 0 aromatic heterocycles. The summed E-state index contributed by atoms with van der Waals surface area (Å²) < 4.78 is 10.5. The van der Waals surface area contributed by atoms with Gasteiger partial charge in [0.15, 0.2) is 5.78 Å². The van der Waals surface area contributed by atoms with Gasteiger partial charge in [0.05, 0.1) is 32.0 Å². The minimum absolute atomic E-state index is 0.266. The summed E-state index contributed by atoms with van der Waals surface area (Å²) in [5.74, 6) is -0.457. The average molecular weight is 292 g/mol. The average Bonchev–Trinajstić information content (AvgIpc) is 2.83. The molecule has 0 saturated carbocycles. The minimum Gasteiger partial charge on any atom is -0.441 e. The third-order valence-corrected chi connectivity index (χ3v) is 3.07. The number of hydrogen-bond donors (Lipinski definition) is 0. The van der Waals surface area contributed by atoms with Crippen molar-refractivity contribution in [1.82, 2.24) is 9.91 Å². The molecule has 1 atom stereocenters. The highest BCUT2D eigenvalue weighted by Gasteiger charge is 2.32. The zero-order chi connectivity index (χ0) is 15.1. The molecule has 21 heavy (non-hydrogen) atoms. The normalized spacial score (nSPS) is 23.7. The lowest BCUT2D eigenvalue weighted by Crippen LogP contribution is -2.41. The summed E-state index contributed by atoms with van der Waals surface area (Å²) in [6.07, 6.45) is 2.29. The van der Waals surface area contributed by atoms with E-state index < -0.39 is 11.9 Å². The maximum absolute atomic E-state index is 11.6. The van der Waals surface area contributed by atoms with Gasteiger partial charge in [0.1, 0.15) is 6.10 Å². The van der Waals surface area contributed by atoms with Crippen molar-refractivity contribution < 1.29 is 19.1 Å². The van der Waals surface area contributed by atoms with Crippen LogP contribution in [0.4, 0.5) is 4.79 Å². The van der Waals surface area contributed by atoms with Gasteiger partial charge in [-0.15, -0.1) is 0 Å². The number of ketones is 1. The summed E-state index contributed by atoms with van der Waals surface area (Å²) in [4.78, 5) is 25.1. The molecule has 0 aromatic rings. The molecular weight excluding hydrogens is 276 g/mol. The monoisotopic (exact) mass is 292 g/mol. The lowest BCUT2D eigenvalue weighted by Gasteiger charge is -2.27. The Morgan fingerprint density at radius 3 is 2.95 bits per heavy atom. The van der Waals surface area contributed by atoms with Crippen LogP contribution in [-0.4, -0.2) is 73.5 Å². The number of hydrazone groups is 1. The summed E-state index contributed by atoms with van der Waals surface area (Å²) in [6, 6.07) is 1.70. The summed E-state index contributed by atoms with van der Waals surface area (Å²) in [6.45, 7) is 3.93. The number of cyclic esters (lactones) is 1. The van der Waals surface area contributed by atoms with E-state index in [0.717, 1.165) is 36.5 Å². The van der Waals surface area contributed by atoms with E-state index in [1.807, 2.05) is 0 Å². The highest BCUT2D eigenvalue weighted by molar-refractivity contribution is 6.32. The van der Waals surface area contributed by atoms with Gasteiger partial charge >= 0.3 is 6.09 Å². The van der Waals surface area contributed by atoms with Gasteiger partial charge in [0.2, 0.25) is 0 Å². The molecule has 0 spiro atoms. The van der Waals surface area contributed by atoms with Crippen molar-refractivity contribution in [2.75, 3.05) is 39.4 Å². The zero-order valence-electron chi connectivity index (χ0n) is 11.5. The molecule has 112 valence electrons. The summed E-state index contributed by atoms with van der Waals surface area (Å²) in [7, 11) is 0. The Kier molecular flexibility index (Phi) is 5.43. The smallest absolute Gasteiger partial charge is 0.430 e. The highest BCUT2D eigenvalue weighted by atomic mass is 16.6. The van der Waals surface area contributed by atoms with E-state index >= 15 is 0 Å². The molecular formula is C13H16N4O4. The van der Waals surface area contributed by atoms with Crippen molar-refractivity contribution in [2.45, 2.75) is 6.10 Å². The first-order chi connectivity index (χ1) is 10.2. The second kappa shape index (κ2) is 7.52. The van der Waals surface area contributed by atoms with Crippen molar-refractivity contribution in [3.05, 3.63) is 12.2 Å². The van der Waals surface area contributed by atoms with Crippen molar-refractivity contribution in [2.24, 2.45) is 5.10 Å². The van der Waals surface area contributed by atoms with Crippen LogP contribution >= 0.6 is 0 Å². The number of rotatable bonds is 5. The topological polar surface area (TPSA) is 95.2 Å². The molecule has 2 saturated heterocycles. The fourth-order valence-corrected chi connectivity index (χ4v) is 2.06. The molecule has 1 unspecified atom stereocenters. The number of carbonyl (C=O) groups excluding carboxylic acids is 2. The number of allylic oxidation sites excluding steroid dienone is 2. The van der Waals surface area contributed by atoms with E-state index in [4.69, 9.17) is 14.7 Å². The third-order valence-electron chi connectivity index (χ3n) is 3.07. The molecule has 2 rings (SSSR count). The van der Waals surface area contributed by atoms with Gasteiger partial charge in [-0.1, -0.05) is 0 Å². The van der Waals surface area contributed by atoms with Crippen molar-refractivity contribution >= 4 is 18.1 Å². The SMILES string of the molecule is N#C/C=C/C(=O)/C=N/N1CC(CN2CCOCC2)OC1=O. The fraction of sp³-hybridized carbons (Fsp3) is 0.538. The molecule has 0 radical (unpaired) electrons. The molecule has 2 aliphatic rings. The van der Waals surface area contributed by atoms with Crippen molar-refractivity contribution in [3.8, 4) is 6.07 Å². The second-order valence-electron chi connectivity index (χ2n) is 4.61. The number of amides is 1. The standard InChI is InChI=1S/C13H16N4O4/c14-3-1-2-11(18)8-15-17-10-12(21-13(17)19)9-16-4-6-20-7-5-16/h1-2,8,12H,4-7,9-10H2/b2-1+,15-8+. The summed E-state index contributed by atoms with van der Waals surface area (Å²) in [5.41, 5.74) is 0. The van der Waals surface area contributed by atoms with Crippen LogP contribution in [0, 0.1) is 11.3 Å². The van der Waals surface area contributed by atoms with E-state index in [2.05, 4.69) is 10.0 Å². The first kappa shape index (κ1) is 15.2. The molecule has 2 fully saturated rings. The van der Waals surface area contributed by atoms with Crippen LogP contribution in [0.15, 0.2) is 17.3 Å². The predicted molar refractivity (Wildman–Crippen MR) is 72.5 cm³/mol. The van der Waals surface area contributed by atoms with E-state index in [1.54, 1.807) is 6.07 Å². The van der Waals surface area contributed by atoms with E-state index in [9.17, 15) is 9.59 Å². The van der Waals surface area contributed by atoms with Gasteiger partial charge < -0.3 is 9.47 Å². The number of nitrogens with zero attached hydrogens (tertiary/aromatic N) is 4. The third kappa shape index (κ3) is 4.66. The van der Waals surface area contributed by atoms with Gasteiger partial charge in [-0.25, -0.2) is 4.79 Å². The Hall–Kier alpha value is -2.24. The number of hydrogen-bond acceptors (Lipinski definition) is 7. The molecule has 0 aliphatic carbocycles. The Morgan fingerprint density at radius 1 is 1.48 bits per heavy atom. The summed E-state index contributed by atoms with van der Waals surface area (Å²) >= 11 is 0. The molecule has 1 amide bonds. The first-order valence-electron chi connectivity index (χ1n) is 6.61. The second-order valence-corrected chi connectivity index (χ2v) is 4.61. The number of nitriles is 1. The van der Waals surface area contributed by atoms with Crippen LogP contribution in [0.3, 0.4) is 0 Å². The lowest BCUT2D eigenvalue weighted by molar-refractivity contribution is -0.108. The molecule has 0 aromatic carbocycles. The molecule has 2 heterocycles. The first-order valence-corrected chi connectivity index (χ1v) is 6.61. The Morgan fingerprint density at radius 2 is 2.24 bits per heavy atom. The van der Waals surface area contributed by atoms with Gasteiger partial charge in [0, 0.05) is 25.7 Å². The molecule has 2 aliphatic heterocycles. The summed E-state index contributed by atoms with van der Waals surface area (Å²) in [5, 5.41) is 13.2. The van der Waals surface area contributed by atoms with E-state index in [0.29, 0.717) is 26.3 Å². The maximum Gasteiger partial charge on any atom is 0.430 e. The molecule has 8 heteroatoms. The number of carbonyl (C=O) groups is 2. The fourth-order valence-electron chi connectivity index (χ4n) is 2.06. The van der Waals surface area contributed by atoms with Gasteiger partial charge in [-0.3, -0.25) is 9.69 Å². The van der Waals surface area contributed by atoms with Crippen molar-refractivity contribution in [3.63, 3.8) is 0 Å². The molecule has 0 N–H and O–H groups in total. The maximum atomic E-state index is 11.6. The number of morpholine rings is 1. The zero-order valence-corrected chi connectivity index (χ0v) is 11.5. The van der Waals surface area contributed by atoms with Crippen molar-refractivity contribution in [1.29, 1.82) is 5.26 Å². The molecule has 8 nitrogen and oxygen atoms in total. The van der Waals surface area contributed by atoms with Crippen LogP contribution in [0.1, 0.15) is 0 Å². The number of ether oxygens (including phenoxy) is 2. The van der Waals surface area contributed by atoms with E-state index in [1.165, 1.54) is 0 Å². The van der Waals surface area contributed by atoms with E-state index in [-0.39, 0.29) is 6.10 Å². The van der Waals surface area contributed by atoms with Crippen LogP contribution < -0.4 is 0 Å². The predicted octanol–water partition coefficient (Wildman–Crippen LogP) is -0.226. The van der Waals surface area contributed by atoms with Crippen LogP contribution in [0.25, 0.3) is 0 Å². The van der Waals surface area contributed by atoms with Crippen LogP contribution in [0.2, 0.25) is 0 Å². The quantitative estimate of drug-likeness (QED) is 0.395. The molecule has 0 bridgehead atoms. The Labute approximate surface area is 122 Å².